The molecule has 1 N–H and O–H groups in total. The lowest BCUT2D eigenvalue weighted by Gasteiger charge is -2.36. The lowest BCUT2D eigenvalue weighted by atomic mass is 10.1. The second kappa shape index (κ2) is 3.13. The first-order valence-electron chi connectivity index (χ1n) is 4.44. The Labute approximate surface area is 79.4 Å². The average molecular weight is 207 g/mol. The van der Waals surface area contributed by atoms with Crippen molar-refractivity contribution in [3.63, 3.8) is 0 Å². The van der Waals surface area contributed by atoms with Crippen LogP contribution in [0.1, 0.15) is 6.42 Å². The highest BCUT2D eigenvalue weighted by molar-refractivity contribution is 5.74. The van der Waals surface area contributed by atoms with Crippen LogP contribution in [0.25, 0.3) is 0 Å². The highest BCUT2D eigenvalue weighted by Gasteiger charge is 2.51. The van der Waals surface area contributed by atoms with Crippen molar-refractivity contribution in [2.24, 2.45) is 0 Å². The third-order valence-corrected chi connectivity index (χ3v) is 2.68. The zero-order chi connectivity index (χ0) is 10.3. The van der Waals surface area contributed by atoms with E-state index in [4.69, 9.17) is 9.84 Å². The maximum Gasteiger partial charge on any atom is 0.321 e. The van der Waals surface area contributed by atoms with E-state index in [0.29, 0.717) is 13.2 Å². The van der Waals surface area contributed by atoms with Gasteiger partial charge in [0.05, 0.1) is 25.8 Å². The number of carboxylic acids is 1. The van der Waals surface area contributed by atoms with Crippen molar-refractivity contribution in [3.8, 4) is 0 Å². The molecule has 14 heavy (non-hydrogen) atoms. The largest absolute Gasteiger partial charge is 0.480 e. The van der Waals surface area contributed by atoms with Gasteiger partial charge in [0.25, 0.3) is 5.92 Å². The quantitative estimate of drug-likeness (QED) is 0.701. The Morgan fingerprint density at radius 3 is 2.57 bits per heavy atom. The Balaban J connectivity index is 2.09. The van der Waals surface area contributed by atoms with Crippen molar-refractivity contribution in [2.75, 3.05) is 19.8 Å². The number of nitrogens with zero attached hydrogens (tertiary/aromatic N) is 1. The Hall–Kier alpha value is -0.750. The number of rotatable bonds is 2. The zero-order valence-corrected chi connectivity index (χ0v) is 7.45. The van der Waals surface area contributed by atoms with E-state index >= 15 is 0 Å². The molecule has 4 nitrogen and oxygen atoms in total. The van der Waals surface area contributed by atoms with Crippen molar-refractivity contribution in [1.29, 1.82) is 0 Å². The molecule has 2 rings (SSSR count). The van der Waals surface area contributed by atoms with Crippen LogP contribution < -0.4 is 0 Å². The van der Waals surface area contributed by atoms with Crippen molar-refractivity contribution in [3.05, 3.63) is 0 Å². The highest BCUT2D eigenvalue weighted by atomic mass is 19.3. The molecular formula is C8H11F2NO3. The van der Waals surface area contributed by atoms with Crippen LogP contribution in [-0.2, 0) is 9.53 Å². The first kappa shape index (κ1) is 9.79. The predicted molar refractivity (Wildman–Crippen MR) is 42.3 cm³/mol. The summed E-state index contributed by atoms with van der Waals surface area (Å²) in [4.78, 5) is 12.1. The van der Waals surface area contributed by atoms with Crippen LogP contribution in [0.3, 0.4) is 0 Å². The van der Waals surface area contributed by atoms with E-state index < -0.39 is 30.9 Å². The van der Waals surface area contributed by atoms with Crippen LogP contribution >= 0.6 is 0 Å². The van der Waals surface area contributed by atoms with Crippen LogP contribution in [0.4, 0.5) is 8.78 Å². The molecule has 6 heteroatoms. The summed E-state index contributed by atoms with van der Waals surface area (Å²) in [6, 6.07) is -1.21. The summed E-state index contributed by atoms with van der Waals surface area (Å²) in [5, 5.41) is 8.77. The minimum Gasteiger partial charge on any atom is -0.480 e. The van der Waals surface area contributed by atoms with Gasteiger partial charge >= 0.3 is 5.97 Å². The Morgan fingerprint density at radius 2 is 2.14 bits per heavy atom. The maximum atomic E-state index is 13.0. The molecule has 0 aromatic rings. The third-order valence-electron chi connectivity index (χ3n) is 2.68. The number of carboxylic acid groups (broad SMARTS) is 1. The predicted octanol–water partition coefficient (Wildman–Crippen LogP) is 0.179. The van der Waals surface area contributed by atoms with E-state index in [1.54, 1.807) is 0 Å². The summed E-state index contributed by atoms with van der Waals surface area (Å²) < 4.78 is 30.8. The summed E-state index contributed by atoms with van der Waals surface area (Å²) >= 11 is 0. The van der Waals surface area contributed by atoms with Gasteiger partial charge in [-0.25, -0.2) is 8.78 Å². The van der Waals surface area contributed by atoms with Gasteiger partial charge in [-0.2, -0.15) is 0 Å². The van der Waals surface area contributed by atoms with Crippen LogP contribution in [0.5, 0.6) is 0 Å². The smallest absolute Gasteiger partial charge is 0.321 e. The summed E-state index contributed by atoms with van der Waals surface area (Å²) in [6.45, 7) is 0.262. The fourth-order valence-electron chi connectivity index (χ4n) is 1.87. The number of likely N-dealkylation sites (tertiary alicyclic amines) is 1. The molecule has 1 unspecified atom stereocenters. The average Bonchev–Trinajstić information content (AvgIpc) is 2.22. The molecule has 0 radical (unpaired) electrons. The number of ether oxygens (including phenoxy) is 1. The first-order chi connectivity index (χ1) is 6.49. The number of hydrogen-bond donors (Lipinski definition) is 1. The van der Waals surface area contributed by atoms with Gasteiger partial charge in [-0.1, -0.05) is 0 Å². The van der Waals surface area contributed by atoms with Crippen molar-refractivity contribution in [1.82, 2.24) is 4.90 Å². The number of halogens is 2. The summed E-state index contributed by atoms with van der Waals surface area (Å²) in [7, 11) is 0. The van der Waals surface area contributed by atoms with Crippen LogP contribution in [0.2, 0.25) is 0 Å². The standard InChI is InChI=1S/C8H11F2NO3/c9-8(10)1-6(7(12)13)11(4-8)5-2-14-3-5/h5-6H,1-4H2,(H,12,13). The molecule has 0 saturated carbocycles. The van der Waals surface area contributed by atoms with Gasteiger partial charge in [-0.3, -0.25) is 9.69 Å². The molecule has 0 aromatic carbocycles. The van der Waals surface area contributed by atoms with Gasteiger partial charge in [-0.05, 0) is 0 Å². The van der Waals surface area contributed by atoms with Crippen molar-refractivity contribution < 1.29 is 23.4 Å². The molecule has 2 saturated heterocycles. The molecule has 0 amide bonds. The van der Waals surface area contributed by atoms with E-state index in [2.05, 4.69) is 0 Å². The molecule has 1 atom stereocenters. The molecule has 2 aliphatic heterocycles. The number of aliphatic carboxylic acids is 1. The summed E-state index contributed by atoms with van der Waals surface area (Å²) in [6.07, 6.45) is -0.584. The van der Waals surface area contributed by atoms with Gasteiger partial charge < -0.3 is 9.84 Å². The summed E-state index contributed by atoms with van der Waals surface area (Å²) in [5.74, 6) is -4.05. The second-order valence-corrected chi connectivity index (χ2v) is 3.78. The summed E-state index contributed by atoms with van der Waals surface area (Å²) in [5.41, 5.74) is 0. The number of hydrogen-bond acceptors (Lipinski definition) is 3. The Morgan fingerprint density at radius 1 is 1.50 bits per heavy atom. The van der Waals surface area contributed by atoms with E-state index in [-0.39, 0.29) is 6.04 Å². The number of alkyl halides is 2. The van der Waals surface area contributed by atoms with Gasteiger partial charge in [-0.15, -0.1) is 0 Å². The fourth-order valence-corrected chi connectivity index (χ4v) is 1.87. The van der Waals surface area contributed by atoms with E-state index in [0.717, 1.165) is 0 Å². The van der Waals surface area contributed by atoms with E-state index in [9.17, 15) is 13.6 Å². The second-order valence-electron chi connectivity index (χ2n) is 3.78. The van der Waals surface area contributed by atoms with Crippen LogP contribution in [-0.4, -0.2) is 53.7 Å². The Bertz CT molecular complexity index is 255. The van der Waals surface area contributed by atoms with E-state index in [1.807, 2.05) is 0 Å². The Kier molecular flexibility index (Phi) is 2.19. The molecule has 0 bridgehead atoms. The molecular weight excluding hydrogens is 196 g/mol. The van der Waals surface area contributed by atoms with Gasteiger partial charge in [0.1, 0.15) is 6.04 Å². The molecule has 0 aromatic heterocycles. The molecule has 0 aliphatic carbocycles. The molecule has 80 valence electrons. The monoisotopic (exact) mass is 207 g/mol. The van der Waals surface area contributed by atoms with E-state index in [1.165, 1.54) is 4.90 Å². The maximum absolute atomic E-state index is 13.0. The lowest BCUT2D eigenvalue weighted by molar-refractivity contribution is -0.147. The minimum atomic E-state index is -2.88. The van der Waals surface area contributed by atoms with Crippen LogP contribution in [0, 0.1) is 0 Å². The third kappa shape index (κ3) is 1.59. The minimum absolute atomic E-state index is 0.149. The van der Waals surface area contributed by atoms with Gasteiger partial charge in [0.2, 0.25) is 0 Å². The van der Waals surface area contributed by atoms with Crippen molar-refractivity contribution in [2.45, 2.75) is 24.4 Å². The van der Waals surface area contributed by atoms with Crippen molar-refractivity contribution >= 4 is 5.97 Å². The lowest BCUT2D eigenvalue weighted by Crippen LogP contribution is -2.53. The van der Waals surface area contributed by atoms with Gasteiger partial charge in [0, 0.05) is 6.42 Å². The molecule has 2 fully saturated rings. The van der Waals surface area contributed by atoms with Crippen LogP contribution in [0.15, 0.2) is 0 Å². The zero-order valence-electron chi connectivity index (χ0n) is 7.45. The SMILES string of the molecule is O=C(O)C1CC(F)(F)CN1C1COC1. The highest BCUT2D eigenvalue weighted by Crippen LogP contribution is 2.34. The molecule has 0 spiro atoms. The normalized spacial score (nSPS) is 32.9. The van der Waals surface area contributed by atoms with Gasteiger partial charge in [0.15, 0.2) is 0 Å². The topological polar surface area (TPSA) is 49.8 Å². The number of carbonyl (C=O) groups is 1. The first-order valence-corrected chi connectivity index (χ1v) is 4.44. The fraction of sp³-hybridized carbons (Fsp3) is 0.875. The molecule has 2 heterocycles. The molecule has 2 aliphatic rings.